The van der Waals surface area contributed by atoms with Crippen LogP contribution in [0.3, 0.4) is 0 Å². The molecule has 2 aromatic carbocycles. The van der Waals surface area contributed by atoms with Crippen LogP contribution in [-0.2, 0) is 6.61 Å². The molecular weight excluding hydrogens is 296 g/mol. The quantitative estimate of drug-likeness (QED) is 0.800. The average molecular weight is 318 g/mol. The summed E-state index contributed by atoms with van der Waals surface area (Å²) >= 11 is 0. The first kappa shape index (κ1) is 18.5. The van der Waals surface area contributed by atoms with E-state index in [1.165, 1.54) is 18.2 Å². The first-order valence-electron chi connectivity index (χ1n) is 7.38. The van der Waals surface area contributed by atoms with Crippen LogP contribution in [0.5, 0.6) is 17.2 Å². The van der Waals surface area contributed by atoms with Crippen LogP contribution in [0.25, 0.3) is 0 Å². The number of hydrogen-bond acceptors (Lipinski definition) is 5. The Hall–Kier alpha value is -2.53. The van der Waals surface area contributed by atoms with Crippen molar-refractivity contribution in [3.63, 3.8) is 0 Å². The third kappa shape index (κ3) is 6.40. The molecule has 0 aliphatic rings. The lowest BCUT2D eigenvalue weighted by atomic mass is 10.2. The summed E-state index contributed by atoms with van der Waals surface area (Å²) in [6.45, 7) is 4.99. The topological polar surface area (TPSA) is 76.0 Å². The van der Waals surface area contributed by atoms with Crippen molar-refractivity contribution < 1.29 is 24.5 Å². The molecule has 2 rings (SSSR count). The second-order valence-corrected chi connectivity index (χ2v) is 4.51. The van der Waals surface area contributed by atoms with Gasteiger partial charge in [0, 0.05) is 5.56 Å². The molecule has 2 aromatic rings. The van der Waals surface area contributed by atoms with E-state index in [-0.39, 0.29) is 12.4 Å². The van der Waals surface area contributed by atoms with Crippen molar-refractivity contribution in [3.8, 4) is 17.2 Å². The highest BCUT2D eigenvalue weighted by Crippen LogP contribution is 2.25. The van der Waals surface area contributed by atoms with Gasteiger partial charge >= 0.3 is 0 Å². The molecule has 0 aliphatic heterocycles. The molecule has 2 N–H and O–H groups in total. The molecule has 0 heterocycles. The van der Waals surface area contributed by atoms with Gasteiger partial charge in [0.2, 0.25) is 0 Å². The van der Waals surface area contributed by atoms with Crippen LogP contribution in [0.1, 0.15) is 29.8 Å². The number of rotatable bonds is 6. The Labute approximate surface area is 136 Å². The molecule has 0 saturated carbocycles. The largest absolute Gasteiger partial charge is 0.504 e. The minimum atomic E-state index is 0.0578. The van der Waals surface area contributed by atoms with E-state index in [9.17, 15) is 9.90 Å². The highest BCUT2D eigenvalue weighted by atomic mass is 16.5. The van der Waals surface area contributed by atoms with Gasteiger partial charge in [-0.25, -0.2) is 0 Å². The van der Waals surface area contributed by atoms with Crippen molar-refractivity contribution in [2.75, 3.05) is 13.2 Å². The van der Waals surface area contributed by atoms with Crippen LogP contribution in [0.15, 0.2) is 42.5 Å². The number of carbonyl (C=O) groups excluding carboxylic acids is 1. The van der Waals surface area contributed by atoms with E-state index in [2.05, 4.69) is 0 Å². The number of phenols is 1. The Morgan fingerprint density at radius 3 is 2.17 bits per heavy atom. The van der Waals surface area contributed by atoms with Crippen molar-refractivity contribution in [2.45, 2.75) is 20.5 Å². The van der Waals surface area contributed by atoms with Crippen LogP contribution in [0.2, 0.25) is 0 Å². The third-order valence-corrected chi connectivity index (χ3v) is 2.84. The molecule has 0 amide bonds. The lowest BCUT2D eigenvalue weighted by Crippen LogP contribution is -1.92. The number of ether oxygens (including phenoxy) is 2. The number of phenolic OH excluding ortho intramolecular Hbond substituents is 1. The number of aromatic hydroxyl groups is 1. The molecule has 5 nitrogen and oxygen atoms in total. The molecule has 0 bridgehead atoms. The van der Waals surface area contributed by atoms with Crippen LogP contribution >= 0.6 is 0 Å². The monoisotopic (exact) mass is 318 g/mol. The number of carbonyl (C=O) groups is 1. The van der Waals surface area contributed by atoms with Gasteiger partial charge in [-0.15, -0.1) is 0 Å². The minimum Gasteiger partial charge on any atom is -0.504 e. The van der Waals surface area contributed by atoms with Crippen molar-refractivity contribution in [3.05, 3.63) is 53.6 Å². The van der Waals surface area contributed by atoms with E-state index in [0.717, 1.165) is 11.3 Å². The molecule has 5 heteroatoms. The van der Waals surface area contributed by atoms with Crippen molar-refractivity contribution in [1.29, 1.82) is 0 Å². The minimum absolute atomic E-state index is 0.0578. The standard InChI is InChI=1S/C9H10O3.C9H12O2/c1-2-12-9-5-7(6-10)3-4-8(9)11;1-2-11-9-5-3-8(7-10)4-6-9/h3-6,11H,2H2,1H3;3-6,10H,2,7H2,1H3. The van der Waals surface area contributed by atoms with Gasteiger partial charge in [-0.2, -0.15) is 0 Å². The summed E-state index contributed by atoms with van der Waals surface area (Å²) < 4.78 is 10.3. The molecule has 0 atom stereocenters. The summed E-state index contributed by atoms with van der Waals surface area (Å²) in [5.41, 5.74) is 1.41. The first-order valence-corrected chi connectivity index (χ1v) is 7.38. The zero-order valence-electron chi connectivity index (χ0n) is 13.4. The van der Waals surface area contributed by atoms with Crippen LogP contribution in [0.4, 0.5) is 0 Å². The maximum atomic E-state index is 10.3. The SMILES string of the molecule is CCOc1cc(C=O)ccc1O.CCOc1ccc(CO)cc1. The molecule has 0 spiro atoms. The van der Waals surface area contributed by atoms with Gasteiger partial charge in [0.1, 0.15) is 12.0 Å². The summed E-state index contributed by atoms with van der Waals surface area (Å²) in [7, 11) is 0. The van der Waals surface area contributed by atoms with Crippen molar-refractivity contribution in [1.82, 2.24) is 0 Å². The van der Waals surface area contributed by atoms with E-state index in [1.54, 1.807) is 0 Å². The molecule has 0 aromatic heterocycles. The highest BCUT2D eigenvalue weighted by Gasteiger charge is 2.01. The fraction of sp³-hybridized carbons (Fsp3) is 0.278. The predicted octanol–water partition coefficient (Wildman–Crippen LogP) is 3.18. The van der Waals surface area contributed by atoms with Crippen LogP contribution in [0, 0.1) is 0 Å². The number of aldehydes is 1. The highest BCUT2D eigenvalue weighted by molar-refractivity contribution is 5.76. The first-order chi connectivity index (χ1) is 11.1. The zero-order chi connectivity index (χ0) is 17.1. The lowest BCUT2D eigenvalue weighted by Gasteiger charge is -2.04. The van der Waals surface area contributed by atoms with Gasteiger partial charge in [0.25, 0.3) is 0 Å². The average Bonchev–Trinajstić information content (AvgIpc) is 2.59. The van der Waals surface area contributed by atoms with Gasteiger partial charge < -0.3 is 19.7 Å². The molecule has 0 unspecified atom stereocenters. The summed E-state index contributed by atoms with van der Waals surface area (Å²) in [6.07, 6.45) is 0.710. The van der Waals surface area contributed by atoms with Crippen molar-refractivity contribution in [2.24, 2.45) is 0 Å². The molecular formula is C18H22O5. The summed E-state index contributed by atoms with van der Waals surface area (Å²) in [4.78, 5) is 10.3. The molecule has 0 fully saturated rings. The Balaban J connectivity index is 0.000000231. The number of aliphatic hydroxyl groups excluding tert-OH is 1. The Morgan fingerprint density at radius 1 is 1.00 bits per heavy atom. The van der Waals surface area contributed by atoms with E-state index in [4.69, 9.17) is 14.6 Å². The van der Waals surface area contributed by atoms with Gasteiger partial charge in [-0.1, -0.05) is 12.1 Å². The van der Waals surface area contributed by atoms with Gasteiger partial charge in [0.05, 0.1) is 19.8 Å². The lowest BCUT2D eigenvalue weighted by molar-refractivity contribution is 0.112. The van der Waals surface area contributed by atoms with Crippen LogP contribution < -0.4 is 9.47 Å². The van der Waals surface area contributed by atoms with Crippen molar-refractivity contribution >= 4 is 6.29 Å². The molecule has 23 heavy (non-hydrogen) atoms. The zero-order valence-corrected chi connectivity index (χ0v) is 13.4. The van der Waals surface area contributed by atoms with E-state index >= 15 is 0 Å². The number of benzene rings is 2. The Bertz CT molecular complexity index is 593. The fourth-order valence-electron chi connectivity index (χ4n) is 1.73. The molecule has 124 valence electrons. The van der Waals surface area contributed by atoms with Crippen LogP contribution in [-0.4, -0.2) is 29.7 Å². The fourth-order valence-corrected chi connectivity index (χ4v) is 1.73. The molecule has 0 saturated heterocycles. The van der Waals surface area contributed by atoms with E-state index in [1.807, 2.05) is 38.1 Å². The Morgan fingerprint density at radius 2 is 1.65 bits per heavy atom. The number of hydrogen-bond donors (Lipinski definition) is 2. The number of aliphatic hydroxyl groups is 1. The van der Waals surface area contributed by atoms with E-state index < -0.39 is 0 Å². The molecule has 0 radical (unpaired) electrons. The maximum absolute atomic E-state index is 10.3. The van der Waals surface area contributed by atoms with Gasteiger partial charge in [0.15, 0.2) is 11.5 Å². The maximum Gasteiger partial charge on any atom is 0.161 e. The third-order valence-electron chi connectivity index (χ3n) is 2.84. The summed E-state index contributed by atoms with van der Waals surface area (Å²) in [6, 6.07) is 11.9. The van der Waals surface area contributed by atoms with E-state index in [0.29, 0.717) is 30.8 Å². The predicted molar refractivity (Wildman–Crippen MR) is 88.2 cm³/mol. The normalized spacial score (nSPS) is 9.52. The second-order valence-electron chi connectivity index (χ2n) is 4.51. The second kappa shape index (κ2) is 10.2. The Kier molecular flexibility index (Phi) is 8.24. The smallest absolute Gasteiger partial charge is 0.161 e. The van der Waals surface area contributed by atoms with Gasteiger partial charge in [-0.3, -0.25) is 4.79 Å². The summed E-state index contributed by atoms with van der Waals surface area (Å²) in [5.74, 6) is 1.26. The van der Waals surface area contributed by atoms with Gasteiger partial charge in [-0.05, 0) is 49.7 Å². The molecule has 0 aliphatic carbocycles. The summed E-state index contributed by atoms with van der Waals surface area (Å²) in [5, 5.41) is 17.9.